The van der Waals surface area contributed by atoms with Crippen molar-refractivity contribution in [2.75, 3.05) is 6.61 Å². The van der Waals surface area contributed by atoms with Crippen LogP contribution in [0.2, 0.25) is 0 Å². The Kier molecular flexibility index (Phi) is 8.47. The lowest BCUT2D eigenvalue weighted by atomic mass is 9.44. The first-order valence-electron chi connectivity index (χ1n) is 13.3. The summed E-state index contributed by atoms with van der Waals surface area (Å²) in [5.41, 5.74) is -7.91. The second-order valence-corrected chi connectivity index (χ2v) is 12.2. The molecule has 3 fully saturated rings. The number of carbonyl (C=O) groups excluding carboxylic acids is 2. The summed E-state index contributed by atoms with van der Waals surface area (Å²) < 4.78 is 16.9. The van der Waals surface area contributed by atoms with Gasteiger partial charge in [-0.25, -0.2) is 9.18 Å². The maximum Gasteiger partial charge on any atom is 0.336 e. The number of aliphatic hydroxyl groups is 4. The first-order valence-corrected chi connectivity index (χ1v) is 13.3. The predicted molar refractivity (Wildman–Crippen MR) is 137 cm³/mol. The summed E-state index contributed by atoms with van der Waals surface area (Å²) >= 11 is 0. The molecule has 0 spiro atoms. The van der Waals surface area contributed by atoms with Crippen molar-refractivity contribution in [1.29, 1.82) is 0 Å². The van der Waals surface area contributed by atoms with Crippen molar-refractivity contribution < 1.29 is 64.1 Å². The van der Waals surface area contributed by atoms with E-state index in [0.717, 1.165) is 0 Å². The molecule has 0 heterocycles. The Morgan fingerprint density at radius 2 is 1.63 bits per heavy atom. The standard InChI is InChI=1S/C22H29FO5.C6H8O7/c1-12-8-16-15-5-4-13-9-14(25)6-7-19(13,2)21(15,23)17(26)10-20(16,3)22(12,28)18(27)11-24;7-3(8)1-6(13,5(11)12)2-4(9)10/h6-7,9,12,15-17,24,26,28H,4-5,8,10-11H2,1-3H3;13H,1-2H2,(H,7,8)(H,9,10)(H,11,12)/t12-,15-,16-,17-,19-,20-,21-,22-;/m0./s1. The van der Waals surface area contributed by atoms with Crippen LogP contribution in [0.15, 0.2) is 23.8 Å². The number of fused-ring (bicyclic) bond motifs is 5. The van der Waals surface area contributed by atoms with Gasteiger partial charge in [-0.05, 0) is 56.6 Å². The molecule has 13 heteroatoms. The highest BCUT2D eigenvalue weighted by atomic mass is 19.1. The van der Waals surface area contributed by atoms with E-state index >= 15 is 4.39 Å². The summed E-state index contributed by atoms with van der Waals surface area (Å²) in [5.74, 6) is -7.14. The van der Waals surface area contributed by atoms with Crippen molar-refractivity contribution in [2.24, 2.45) is 28.6 Å². The number of aliphatic carboxylic acids is 3. The molecule has 12 nitrogen and oxygen atoms in total. The molecule has 0 aromatic carbocycles. The van der Waals surface area contributed by atoms with Crippen LogP contribution in [0.5, 0.6) is 0 Å². The van der Waals surface area contributed by atoms with E-state index in [9.17, 15) is 39.3 Å². The Morgan fingerprint density at radius 1 is 1.07 bits per heavy atom. The van der Waals surface area contributed by atoms with Gasteiger partial charge < -0.3 is 35.7 Å². The van der Waals surface area contributed by atoms with E-state index < -0.39 is 88.8 Å². The molecule has 4 aliphatic carbocycles. The molecular weight excluding hydrogens is 547 g/mol. The maximum atomic E-state index is 16.9. The van der Waals surface area contributed by atoms with Gasteiger partial charge in [-0.3, -0.25) is 19.2 Å². The van der Waals surface area contributed by atoms with Crippen LogP contribution in [0.25, 0.3) is 0 Å². The molecule has 41 heavy (non-hydrogen) atoms. The highest BCUT2D eigenvalue weighted by molar-refractivity contribution is 6.01. The van der Waals surface area contributed by atoms with E-state index in [2.05, 4.69) is 0 Å². The summed E-state index contributed by atoms with van der Waals surface area (Å²) in [6.07, 6.45) is 2.15. The SMILES string of the molecule is C[C@H]1C[C@H]2[C@@H]3CCC4=CC(=O)C=C[C@]4(C)[C@@]3(F)[C@@H](O)C[C@]2(C)[C@@]1(O)C(=O)CO.O=C(O)CC(O)(CC(=O)O)C(=O)O. The largest absolute Gasteiger partial charge is 0.481 e. The monoisotopic (exact) mass is 584 g/mol. The fraction of sp³-hybridized carbons (Fsp3) is 0.679. The number of aliphatic hydroxyl groups excluding tert-OH is 2. The highest BCUT2D eigenvalue weighted by Crippen LogP contribution is 2.70. The van der Waals surface area contributed by atoms with E-state index in [1.807, 2.05) is 0 Å². The maximum absolute atomic E-state index is 16.9. The molecule has 0 bridgehead atoms. The Morgan fingerprint density at radius 3 is 2.12 bits per heavy atom. The van der Waals surface area contributed by atoms with Crippen LogP contribution in [0.3, 0.4) is 0 Å². The van der Waals surface area contributed by atoms with Crippen LogP contribution in [0.1, 0.15) is 59.3 Å². The van der Waals surface area contributed by atoms with Crippen LogP contribution >= 0.6 is 0 Å². The molecule has 0 amide bonds. The van der Waals surface area contributed by atoms with Gasteiger partial charge in [0.25, 0.3) is 0 Å². The molecule has 0 radical (unpaired) electrons. The number of ketones is 2. The van der Waals surface area contributed by atoms with Gasteiger partial charge in [0, 0.05) is 16.7 Å². The third-order valence-electron chi connectivity index (χ3n) is 10.1. The van der Waals surface area contributed by atoms with Crippen molar-refractivity contribution >= 4 is 29.5 Å². The molecule has 0 aromatic heterocycles. The Balaban J connectivity index is 0.000000302. The fourth-order valence-corrected chi connectivity index (χ4v) is 7.98. The van der Waals surface area contributed by atoms with Gasteiger partial charge in [0.2, 0.25) is 0 Å². The first-order chi connectivity index (χ1) is 18.7. The average molecular weight is 585 g/mol. The van der Waals surface area contributed by atoms with Crippen LogP contribution in [0, 0.1) is 28.6 Å². The molecule has 4 rings (SSSR count). The molecule has 0 unspecified atom stereocenters. The molecule has 7 N–H and O–H groups in total. The van der Waals surface area contributed by atoms with Gasteiger partial charge >= 0.3 is 17.9 Å². The number of Topliss-reactive ketones (excluding diaryl/α,β-unsaturated/α-hetero) is 1. The molecule has 0 saturated heterocycles. The molecule has 3 saturated carbocycles. The number of hydrogen-bond acceptors (Lipinski definition) is 9. The number of carbonyl (C=O) groups is 5. The highest BCUT2D eigenvalue weighted by Gasteiger charge is 2.75. The Hall–Kier alpha value is -3.00. The van der Waals surface area contributed by atoms with Crippen molar-refractivity contribution in [2.45, 2.75) is 82.3 Å². The van der Waals surface area contributed by atoms with Gasteiger partial charge in [-0.1, -0.05) is 25.5 Å². The van der Waals surface area contributed by atoms with Crippen molar-refractivity contribution in [1.82, 2.24) is 0 Å². The van der Waals surface area contributed by atoms with Crippen LogP contribution in [-0.2, 0) is 24.0 Å². The summed E-state index contributed by atoms with van der Waals surface area (Å²) in [7, 11) is 0. The fourth-order valence-electron chi connectivity index (χ4n) is 7.98. The average Bonchev–Trinajstić information content (AvgIpc) is 3.05. The van der Waals surface area contributed by atoms with Crippen molar-refractivity contribution in [3.8, 4) is 0 Å². The summed E-state index contributed by atoms with van der Waals surface area (Å²) in [4.78, 5) is 54.9. The second-order valence-electron chi connectivity index (χ2n) is 12.2. The van der Waals surface area contributed by atoms with Crippen LogP contribution in [-0.4, -0.2) is 94.8 Å². The predicted octanol–water partition coefficient (Wildman–Crippen LogP) is 0.647. The van der Waals surface area contributed by atoms with Gasteiger partial charge in [0.1, 0.15) is 12.2 Å². The van der Waals surface area contributed by atoms with Gasteiger partial charge in [0.05, 0.1) is 18.9 Å². The number of alkyl halides is 1. The van der Waals surface area contributed by atoms with Gasteiger partial charge in [0.15, 0.2) is 22.8 Å². The number of carboxylic acid groups (broad SMARTS) is 3. The molecule has 0 aromatic rings. The number of halogens is 1. The second kappa shape index (κ2) is 10.7. The smallest absolute Gasteiger partial charge is 0.336 e. The van der Waals surface area contributed by atoms with Crippen molar-refractivity contribution in [3.05, 3.63) is 23.8 Å². The lowest BCUT2D eigenvalue weighted by Crippen LogP contribution is -2.69. The Labute approximate surface area is 235 Å². The zero-order chi connectivity index (χ0) is 31.3. The van der Waals surface area contributed by atoms with Crippen LogP contribution < -0.4 is 0 Å². The summed E-state index contributed by atoms with van der Waals surface area (Å²) in [6.45, 7) is 4.48. The molecule has 8 atom stereocenters. The zero-order valence-electron chi connectivity index (χ0n) is 23.0. The zero-order valence-corrected chi connectivity index (χ0v) is 23.0. The van der Waals surface area contributed by atoms with E-state index in [1.165, 1.54) is 12.2 Å². The third-order valence-corrected chi connectivity index (χ3v) is 10.1. The van der Waals surface area contributed by atoms with E-state index in [1.54, 1.807) is 26.8 Å². The lowest BCUT2D eigenvalue weighted by Gasteiger charge is -2.62. The molecule has 0 aliphatic heterocycles. The lowest BCUT2D eigenvalue weighted by molar-refractivity contribution is -0.219. The minimum Gasteiger partial charge on any atom is -0.481 e. The van der Waals surface area contributed by atoms with Gasteiger partial charge in [-0.15, -0.1) is 0 Å². The number of allylic oxidation sites excluding steroid dienone is 4. The number of rotatable bonds is 7. The third kappa shape index (κ3) is 4.82. The summed E-state index contributed by atoms with van der Waals surface area (Å²) in [6, 6.07) is 0. The number of carboxylic acids is 3. The van der Waals surface area contributed by atoms with E-state index in [4.69, 9.17) is 20.4 Å². The Bertz CT molecular complexity index is 1190. The quantitative estimate of drug-likeness (QED) is 0.219. The first kappa shape index (κ1) is 32.5. The molecular formula is C28H37FO12. The minimum atomic E-state index is -2.74. The molecule has 4 aliphatic rings. The number of hydrogen-bond donors (Lipinski definition) is 7. The van der Waals surface area contributed by atoms with Crippen LogP contribution in [0.4, 0.5) is 4.39 Å². The van der Waals surface area contributed by atoms with E-state index in [-0.39, 0.29) is 18.1 Å². The minimum absolute atomic E-state index is 0.0676. The normalized spacial score (nSPS) is 39.3. The van der Waals surface area contributed by atoms with Gasteiger partial charge in [-0.2, -0.15) is 0 Å². The molecule has 228 valence electrons. The topological polar surface area (TPSA) is 227 Å². The van der Waals surface area contributed by atoms with Crippen molar-refractivity contribution in [3.63, 3.8) is 0 Å². The summed E-state index contributed by atoms with van der Waals surface area (Å²) in [5, 5.41) is 65.8. The van der Waals surface area contributed by atoms with E-state index in [0.29, 0.717) is 24.8 Å².